The summed E-state index contributed by atoms with van der Waals surface area (Å²) in [6.07, 6.45) is 1.57. The van der Waals surface area contributed by atoms with E-state index in [1.165, 1.54) is 4.90 Å². The number of furan rings is 1. The molecule has 1 aromatic rings. The van der Waals surface area contributed by atoms with Gasteiger partial charge in [-0.2, -0.15) is 0 Å². The molecule has 5 nitrogen and oxygen atoms in total. The molecule has 2 rings (SSSR count). The lowest BCUT2D eigenvalue weighted by Gasteiger charge is -2.23. The zero-order chi connectivity index (χ0) is 12.3. The van der Waals surface area contributed by atoms with E-state index in [-0.39, 0.29) is 18.4 Å². The fourth-order valence-electron chi connectivity index (χ4n) is 1.91. The standard InChI is InChI=1S/C12H16N2O3/c1-13-7-9-5-6-10(17-9)8-14-11(15)3-2-4-12(14)16/h5-6,13H,2-4,7-8H2,1H3. The molecule has 17 heavy (non-hydrogen) atoms. The van der Waals surface area contributed by atoms with Crippen LogP contribution >= 0.6 is 0 Å². The number of imide groups is 1. The van der Waals surface area contributed by atoms with Gasteiger partial charge in [-0.25, -0.2) is 0 Å². The summed E-state index contributed by atoms with van der Waals surface area (Å²) >= 11 is 0. The van der Waals surface area contributed by atoms with E-state index < -0.39 is 0 Å². The van der Waals surface area contributed by atoms with Crippen molar-refractivity contribution < 1.29 is 14.0 Å². The first-order valence-corrected chi connectivity index (χ1v) is 5.76. The second-order valence-electron chi connectivity index (χ2n) is 4.13. The Balaban J connectivity index is 2.03. The first-order chi connectivity index (χ1) is 8.20. The Hall–Kier alpha value is -1.62. The Morgan fingerprint density at radius 3 is 2.53 bits per heavy atom. The molecule has 0 aliphatic carbocycles. The van der Waals surface area contributed by atoms with Crippen LogP contribution in [-0.2, 0) is 22.7 Å². The lowest BCUT2D eigenvalue weighted by atomic mass is 10.1. The maximum atomic E-state index is 11.6. The van der Waals surface area contributed by atoms with Crippen LogP contribution in [0.1, 0.15) is 30.8 Å². The van der Waals surface area contributed by atoms with E-state index in [2.05, 4.69) is 5.32 Å². The van der Waals surface area contributed by atoms with Crippen LogP contribution < -0.4 is 5.32 Å². The molecule has 2 amide bonds. The normalized spacial score (nSPS) is 16.6. The smallest absolute Gasteiger partial charge is 0.229 e. The molecule has 2 heterocycles. The Labute approximate surface area is 99.8 Å². The zero-order valence-corrected chi connectivity index (χ0v) is 9.86. The van der Waals surface area contributed by atoms with Crippen LogP contribution in [0.2, 0.25) is 0 Å². The number of carbonyl (C=O) groups is 2. The molecule has 1 aliphatic rings. The highest BCUT2D eigenvalue weighted by molar-refractivity contribution is 5.97. The van der Waals surface area contributed by atoms with Gasteiger partial charge in [0.15, 0.2) is 0 Å². The second-order valence-corrected chi connectivity index (χ2v) is 4.13. The summed E-state index contributed by atoms with van der Waals surface area (Å²) in [5.74, 6) is 1.25. The summed E-state index contributed by atoms with van der Waals surface area (Å²) < 4.78 is 5.51. The van der Waals surface area contributed by atoms with Gasteiger partial charge in [0.2, 0.25) is 11.8 Å². The summed E-state index contributed by atoms with van der Waals surface area (Å²) in [5, 5.41) is 2.98. The fraction of sp³-hybridized carbons (Fsp3) is 0.500. The molecular formula is C12H16N2O3. The average Bonchev–Trinajstić information content (AvgIpc) is 2.72. The van der Waals surface area contributed by atoms with Crippen molar-refractivity contribution in [1.82, 2.24) is 10.2 Å². The van der Waals surface area contributed by atoms with E-state index in [0.717, 1.165) is 5.76 Å². The van der Waals surface area contributed by atoms with Gasteiger partial charge in [-0.15, -0.1) is 0 Å². The maximum absolute atomic E-state index is 11.6. The Morgan fingerprint density at radius 1 is 1.24 bits per heavy atom. The molecule has 0 atom stereocenters. The number of hydrogen-bond acceptors (Lipinski definition) is 4. The van der Waals surface area contributed by atoms with Gasteiger partial charge in [-0.1, -0.05) is 0 Å². The van der Waals surface area contributed by atoms with Gasteiger partial charge in [-0.05, 0) is 25.6 Å². The summed E-state index contributed by atoms with van der Waals surface area (Å²) in [5.41, 5.74) is 0. The SMILES string of the molecule is CNCc1ccc(CN2C(=O)CCCC2=O)o1. The van der Waals surface area contributed by atoms with Crippen molar-refractivity contribution in [3.8, 4) is 0 Å². The fourth-order valence-corrected chi connectivity index (χ4v) is 1.91. The number of rotatable bonds is 4. The molecule has 92 valence electrons. The molecule has 1 saturated heterocycles. The average molecular weight is 236 g/mol. The predicted octanol–water partition coefficient (Wildman–Crippen LogP) is 1.04. The van der Waals surface area contributed by atoms with Crippen LogP contribution in [0.25, 0.3) is 0 Å². The van der Waals surface area contributed by atoms with Crippen LogP contribution in [0.5, 0.6) is 0 Å². The van der Waals surface area contributed by atoms with Gasteiger partial charge in [0.05, 0.1) is 13.1 Å². The molecule has 0 radical (unpaired) electrons. The number of carbonyl (C=O) groups excluding carboxylic acids is 2. The van der Waals surface area contributed by atoms with Crippen LogP contribution in [-0.4, -0.2) is 23.8 Å². The minimum Gasteiger partial charge on any atom is -0.463 e. The number of likely N-dealkylation sites (tertiary alicyclic amines) is 1. The molecule has 1 fully saturated rings. The number of piperidine rings is 1. The Bertz CT molecular complexity index is 409. The van der Waals surface area contributed by atoms with E-state index in [1.807, 2.05) is 19.2 Å². The van der Waals surface area contributed by atoms with Crippen molar-refractivity contribution in [3.63, 3.8) is 0 Å². The van der Waals surface area contributed by atoms with Crippen LogP contribution in [0, 0.1) is 0 Å². The van der Waals surface area contributed by atoms with Crippen molar-refractivity contribution >= 4 is 11.8 Å². The highest BCUT2D eigenvalue weighted by atomic mass is 16.3. The third-order valence-electron chi connectivity index (χ3n) is 2.77. The van der Waals surface area contributed by atoms with E-state index in [1.54, 1.807) is 0 Å². The summed E-state index contributed by atoms with van der Waals surface area (Å²) in [6.45, 7) is 0.892. The molecule has 0 saturated carbocycles. The van der Waals surface area contributed by atoms with Gasteiger partial charge in [-0.3, -0.25) is 14.5 Å². The van der Waals surface area contributed by atoms with E-state index in [0.29, 0.717) is 31.6 Å². The highest BCUT2D eigenvalue weighted by Crippen LogP contribution is 2.17. The molecular weight excluding hydrogens is 220 g/mol. The summed E-state index contributed by atoms with van der Waals surface area (Å²) in [7, 11) is 1.83. The third kappa shape index (κ3) is 2.74. The van der Waals surface area contributed by atoms with Crippen molar-refractivity contribution in [2.75, 3.05) is 7.05 Å². The number of nitrogens with one attached hydrogen (secondary N) is 1. The maximum Gasteiger partial charge on any atom is 0.229 e. The van der Waals surface area contributed by atoms with Gasteiger partial charge < -0.3 is 9.73 Å². The van der Waals surface area contributed by atoms with Crippen LogP contribution in [0.3, 0.4) is 0 Å². The van der Waals surface area contributed by atoms with Gasteiger partial charge >= 0.3 is 0 Å². The largest absolute Gasteiger partial charge is 0.463 e. The van der Waals surface area contributed by atoms with Gasteiger partial charge in [0.1, 0.15) is 11.5 Å². The monoisotopic (exact) mass is 236 g/mol. The van der Waals surface area contributed by atoms with E-state index in [9.17, 15) is 9.59 Å². The lowest BCUT2D eigenvalue weighted by Crippen LogP contribution is -2.39. The molecule has 0 unspecified atom stereocenters. The van der Waals surface area contributed by atoms with E-state index >= 15 is 0 Å². The minimum atomic E-state index is -0.104. The Morgan fingerprint density at radius 2 is 1.88 bits per heavy atom. The third-order valence-corrected chi connectivity index (χ3v) is 2.77. The minimum absolute atomic E-state index is 0.104. The molecule has 0 spiro atoms. The van der Waals surface area contributed by atoms with Crippen molar-refractivity contribution in [3.05, 3.63) is 23.7 Å². The lowest BCUT2D eigenvalue weighted by molar-refractivity contribution is -0.149. The molecule has 0 bridgehead atoms. The second kappa shape index (κ2) is 5.14. The topological polar surface area (TPSA) is 62.6 Å². The molecule has 1 N–H and O–H groups in total. The number of amides is 2. The van der Waals surface area contributed by atoms with Crippen LogP contribution in [0.15, 0.2) is 16.5 Å². The van der Waals surface area contributed by atoms with Crippen molar-refractivity contribution in [2.24, 2.45) is 0 Å². The van der Waals surface area contributed by atoms with Crippen LogP contribution in [0.4, 0.5) is 0 Å². The molecule has 1 aliphatic heterocycles. The van der Waals surface area contributed by atoms with E-state index in [4.69, 9.17) is 4.42 Å². The number of nitrogens with zero attached hydrogens (tertiary/aromatic N) is 1. The molecule has 5 heteroatoms. The van der Waals surface area contributed by atoms with Gasteiger partial charge in [0, 0.05) is 12.8 Å². The Kier molecular flexibility index (Phi) is 3.58. The van der Waals surface area contributed by atoms with Gasteiger partial charge in [0.25, 0.3) is 0 Å². The quantitative estimate of drug-likeness (QED) is 0.793. The number of hydrogen-bond donors (Lipinski definition) is 1. The first-order valence-electron chi connectivity index (χ1n) is 5.76. The summed E-state index contributed by atoms with van der Waals surface area (Å²) in [4.78, 5) is 24.5. The van der Waals surface area contributed by atoms with Crippen molar-refractivity contribution in [1.29, 1.82) is 0 Å². The molecule has 0 aromatic carbocycles. The predicted molar refractivity (Wildman–Crippen MR) is 60.9 cm³/mol. The van der Waals surface area contributed by atoms with Crippen molar-refractivity contribution in [2.45, 2.75) is 32.4 Å². The zero-order valence-electron chi connectivity index (χ0n) is 9.86. The summed E-state index contributed by atoms with van der Waals surface area (Å²) in [6, 6.07) is 3.66. The first kappa shape index (κ1) is 11.9. The highest BCUT2D eigenvalue weighted by Gasteiger charge is 2.26. The molecule has 1 aromatic heterocycles.